The standard InChI is InChI=1S/C18H33N3O2S/c1-5-6-10-22-12-13-23-11-9-20-17(19-4)21-15-18(2,3)16-8-7-14-24-16/h7-8,14H,5-6,9-13,15H2,1-4H3,(H2,19,20,21). The SMILES string of the molecule is CCCCOCCOCCNC(=NC)NCC(C)(C)c1cccs1. The quantitative estimate of drug-likeness (QED) is 0.344. The van der Waals surface area contributed by atoms with Crippen molar-refractivity contribution >= 4 is 17.3 Å². The van der Waals surface area contributed by atoms with E-state index in [1.54, 1.807) is 18.4 Å². The lowest BCUT2D eigenvalue weighted by Gasteiger charge is -2.25. The number of nitrogens with zero attached hydrogens (tertiary/aromatic N) is 1. The van der Waals surface area contributed by atoms with E-state index >= 15 is 0 Å². The van der Waals surface area contributed by atoms with E-state index in [1.165, 1.54) is 11.3 Å². The van der Waals surface area contributed by atoms with E-state index < -0.39 is 0 Å². The third-order valence-corrected chi connectivity index (χ3v) is 4.90. The Bertz CT molecular complexity index is 447. The second-order valence-corrected chi connectivity index (χ2v) is 7.24. The Morgan fingerprint density at radius 2 is 1.92 bits per heavy atom. The van der Waals surface area contributed by atoms with E-state index in [4.69, 9.17) is 9.47 Å². The molecule has 0 atom stereocenters. The first-order valence-electron chi connectivity index (χ1n) is 8.74. The van der Waals surface area contributed by atoms with Crippen LogP contribution in [0.5, 0.6) is 0 Å². The van der Waals surface area contributed by atoms with Crippen molar-refractivity contribution in [2.75, 3.05) is 46.6 Å². The Hall–Kier alpha value is -1.11. The number of thiophene rings is 1. The minimum absolute atomic E-state index is 0.0815. The van der Waals surface area contributed by atoms with E-state index in [2.05, 4.69) is 53.9 Å². The van der Waals surface area contributed by atoms with Crippen LogP contribution in [0.25, 0.3) is 0 Å². The summed E-state index contributed by atoms with van der Waals surface area (Å²) in [4.78, 5) is 5.63. The van der Waals surface area contributed by atoms with E-state index in [0.29, 0.717) is 19.8 Å². The molecular formula is C18H33N3O2S. The van der Waals surface area contributed by atoms with Gasteiger partial charge >= 0.3 is 0 Å². The monoisotopic (exact) mass is 355 g/mol. The fraction of sp³-hybridized carbons (Fsp3) is 0.722. The van der Waals surface area contributed by atoms with Gasteiger partial charge in [-0.25, -0.2) is 0 Å². The van der Waals surface area contributed by atoms with Crippen molar-refractivity contribution in [1.29, 1.82) is 0 Å². The zero-order valence-electron chi connectivity index (χ0n) is 15.6. The molecule has 0 saturated heterocycles. The molecule has 1 aromatic heterocycles. The molecule has 0 spiro atoms. The first-order valence-corrected chi connectivity index (χ1v) is 9.62. The third kappa shape index (κ3) is 8.66. The van der Waals surface area contributed by atoms with Gasteiger partial charge in [0.05, 0.1) is 19.8 Å². The maximum atomic E-state index is 5.54. The van der Waals surface area contributed by atoms with Crippen LogP contribution in [0.2, 0.25) is 0 Å². The molecule has 0 saturated carbocycles. The Kier molecular flexibility index (Phi) is 10.7. The van der Waals surface area contributed by atoms with E-state index in [1.807, 2.05) is 0 Å². The third-order valence-electron chi connectivity index (χ3n) is 3.66. The molecule has 0 fully saturated rings. The van der Waals surface area contributed by atoms with Crippen molar-refractivity contribution in [2.45, 2.75) is 39.0 Å². The highest BCUT2D eigenvalue weighted by molar-refractivity contribution is 7.10. The molecule has 0 aromatic carbocycles. The van der Waals surface area contributed by atoms with Crippen molar-refractivity contribution in [1.82, 2.24) is 10.6 Å². The van der Waals surface area contributed by atoms with Gasteiger partial charge in [-0.1, -0.05) is 33.3 Å². The highest BCUT2D eigenvalue weighted by Crippen LogP contribution is 2.26. The highest BCUT2D eigenvalue weighted by Gasteiger charge is 2.21. The molecule has 1 heterocycles. The number of guanidine groups is 1. The molecule has 0 radical (unpaired) electrons. The van der Waals surface area contributed by atoms with E-state index in [0.717, 1.165) is 32.1 Å². The zero-order chi connectivity index (χ0) is 17.7. The first kappa shape index (κ1) is 20.9. The molecule has 1 rings (SSSR count). The molecule has 0 unspecified atom stereocenters. The Balaban J connectivity index is 2.11. The van der Waals surface area contributed by atoms with Crippen LogP contribution >= 0.6 is 11.3 Å². The van der Waals surface area contributed by atoms with Gasteiger partial charge in [0.15, 0.2) is 5.96 Å². The molecule has 138 valence electrons. The van der Waals surface area contributed by atoms with Crippen LogP contribution in [0.1, 0.15) is 38.5 Å². The van der Waals surface area contributed by atoms with Crippen molar-refractivity contribution in [3.8, 4) is 0 Å². The second-order valence-electron chi connectivity index (χ2n) is 6.29. The molecule has 6 heteroatoms. The Labute approximate surface area is 150 Å². The number of unbranched alkanes of at least 4 members (excludes halogenated alkanes) is 1. The second kappa shape index (κ2) is 12.3. The van der Waals surface area contributed by atoms with Gasteiger partial charge in [0.1, 0.15) is 0 Å². The lowest BCUT2D eigenvalue weighted by atomic mass is 9.91. The summed E-state index contributed by atoms with van der Waals surface area (Å²) in [5, 5.41) is 8.78. The summed E-state index contributed by atoms with van der Waals surface area (Å²) in [6.07, 6.45) is 2.28. The molecule has 5 nitrogen and oxygen atoms in total. The van der Waals surface area contributed by atoms with Crippen LogP contribution in [-0.2, 0) is 14.9 Å². The van der Waals surface area contributed by atoms with E-state index in [9.17, 15) is 0 Å². The number of nitrogens with one attached hydrogen (secondary N) is 2. The van der Waals surface area contributed by atoms with Gasteiger partial charge in [-0.2, -0.15) is 0 Å². The molecule has 24 heavy (non-hydrogen) atoms. The van der Waals surface area contributed by atoms with Gasteiger partial charge in [0.2, 0.25) is 0 Å². The number of aliphatic imine (C=N–C) groups is 1. The van der Waals surface area contributed by atoms with Crippen LogP contribution in [0.15, 0.2) is 22.5 Å². The van der Waals surface area contributed by atoms with Crippen LogP contribution in [-0.4, -0.2) is 52.5 Å². The number of hydrogen-bond donors (Lipinski definition) is 2. The summed E-state index contributed by atoms with van der Waals surface area (Å²) in [7, 11) is 1.79. The smallest absolute Gasteiger partial charge is 0.191 e. The van der Waals surface area contributed by atoms with Crippen LogP contribution < -0.4 is 10.6 Å². The maximum absolute atomic E-state index is 5.54. The van der Waals surface area contributed by atoms with Crippen molar-refractivity contribution in [3.05, 3.63) is 22.4 Å². The minimum atomic E-state index is 0.0815. The summed E-state index contributed by atoms with van der Waals surface area (Å²) in [6, 6.07) is 4.27. The fourth-order valence-electron chi connectivity index (χ4n) is 2.09. The normalized spacial score (nSPS) is 12.4. The summed E-state index contributed by atoms with van der Waals surface area (Å²) in [5.41, 5.74) is 0.0815. The molecule has 0 aliphatic rings. The molecule has 0 aliphatic carbocycles. The topological polar surface area (TPSA) is 54.9 Å². The molecule has 0 aliphatic heterocycles. The molecule has 0 amide bonds. The zero-order valence-corrected chi connectivity index (χ0v) is 16.4. The average molecular weight is 356 g/mol. The summed E-state index contributed by atoms with van der Waals surface area (Å²) >= 11 is 1.79. The molecule has 0 bridgehead atoms. The molecule has 1 aromatic rings. The van der Waals surface area contributed by atoms with Crippen molar-refractivity contribution in [2.24, 2.45) is 4.99 Å². The fourth-order valence-corrected chi connectivity index (χ4v) is 2.94. The average Bonchev–Trinajstić information content (AvgIpc) is 3.11. The van der Waals surface area contributed by atoms with Crippen LogP contribution in [0.4, 0.5) is 0 Å². The Morgan fingerprint density at radius 3 is 2.54 bits per heavy atom. The summed E-state index contributed by atoms with van der Waals surface area (Å²) in [5.74, 6) is 0.808. The Morgan fingerprint density at radius 1 is 1.17 bits per heavy atom. The number of hydrogen-bond acceptors (Lipinski definition) is 4. The van der Waals surface area contributed by atoms with Gasteiger partial charge in [0, 0.05) is 37.0 Å². The summed E-state index contributed by atoms with van der Waals surface area (Å²) in [6.45, 7) is 11.0. The minimum Gasteiger partial charge on any atom is -0.379 e. The van der Waals surface area contributed by atoms with Crippen molar-refractivity contribution in [3.63, 3.8) is 0 Å². The predicted octanol–water partition coefficient (Wildman–Crippen LogP) is 3.02. The highest BCUT2D eigenvalue weighted by atomic mass is 32.1. The van der Waals surface area contributed by atoms with Crippen molar-refractivity contribution < 1.29 is 9.47 Å². The van der Waals surface area contributed by atoms with Gasteiger partial charge in [-0.3, -0.25) is 4.99 Å². The largest absolute Gasteiger partial charge is 0.379 e. The summed E-state index contributed by atoms with van der Waals surface area (Å²) < 4.78 is 11.0. The van der Waals surface area contributed by atoms with E-state index in [-0.39, 0.29) is 5.41 Å². The molecular weight excluding hydrogens is 322 g/mol. The van der Waals surface area contributed by atoms with Crippen LogP contribution in [0.3, 0.4) is 0 Å². The maximum Gasteiger partial charge on any atom is 0.191 e. The molecule has 2 N–H and O–H groups in total. The van der Waals surface area contributed by atoms with Crippen LogP contribution in [0, 0.1) is 0 Å². The lowest BCUT2D eigenvalue weighted by molar-refractivity contribution is 0.0487. The first-order chi connectivity index (χ1) is 11.6. The predicted molar refractivity (Wildman–Crippen MR) is 103 cm³/mol. The lowest BCUT2D eigenvalue weighted by Crippen LogP contribution is -2.44. The number of ether oxygens (including phenoxy) is 2. The van der Waals surface area contributed by atoms with Gasteiger partial charge in [0.25, 0.3) is 0 Å². The van der Waals surface area contributed by atoms with Gasteiger partial charge in [-0.15, -0.1) is 11.3 Å². The number of rotatable bonds is 12. The van der Waals surface area contributed by atoms with Gasteiger partial charge < -0.3 is 20.1 Å². The van der Waals surface area contributed by atoms with Gasteiger partial charge in [-0.05, 0) is 17.9 Å².